The van der Waals surface area contributed by atoms with E-state index in [4.69, 9.17) is 4.98 Å². The predicted octanol–water partition coefficient (Wildman–Crippen LogP) is 5.74. The van der Waals surface area contributed by atoms with Gasteiger partial charge in [0.15, 0.2) is 0 Å². The number of nitro benzene ring substituents is 1. The number of hydrogen-bond donors (Lipinski definition) is 0. The van der Waals surface area contributed by atoms with Gasteiger partial charge in [-0.25, -0.2) is 4.98 Å². The molecule has 0 aliphatic carbocycles. The molecule has 2 aromatic heterocycles. The first-order chi connectivity index (χ1) is 13.6. The summed E-state index contributed by atoms with van der Waals surface area (Å²) in [6.07, 6.45) is 0. The van der Waals surface area contributed by atoms with Crippen molar-refractivity contribution in [1.29, 1.82) is 0 Å². The summed E-state index contributed by atoms with van der Waals surface area (Å²) in [5.74, 6) is -0.160. The Hall–Kier alpha value is -3.64. The molecule has 0 amide bonds. The number of nitro groups is 1. The molecule has 5 aromatic rings. The molecule has 5 nitrogen and oxygen atoms in total. The van der Waals surface area contributed by atoms with Gasteiger partial charge < -0.3 is 0 Å². The molecule has 0 N–H and O–H groups in total. The zero-order chi connectivity index (χ0) is 19.3. The molecule has 0 unspecified atom stereocenters. The molecule has 6 heteroatoms. The Balaban J connectivity index is 1.62. The Bertz CT molecular complexity index is 1400. The number of hydrogen-bond acceptors (Lipinski definition) is 5. The molecular weight excluding hydrogens is 372 g/mol. The number of ketones is 1. The number of non-ortho nitro benzene ring substituents is 1. The molecule has 0 saturated carbocycles. The first-order valence-electron chi connectivity index (χ1n) is 8.61. The molecule has 2 heterocycles. The summed E-state index contributed by atoms with van der Waals surface area (Å²) in [5, 5.41) is 14.9. The van der Waals surface area contributed by atoms with E-state index in [0.29, 0.717) is 10.4 Å². The molecule has 0 saturated heterocycles. The first-order valence-corrected chi connectivity index (χ1v) is 9.43. The van der Waals surface area contributed by atoms with Crippen LogP contribution in [0, 0.1) is 10.1 Å². The molecule has 5 rings (SSSR count). The van der Waals surface area contributed by atoms with Gasteiger partial charge in [0.05, 0.1) is 15.3 Å². The lowest BCUT2D eigenvalue weighted by Crippen LogP contribution is -1.98. The first kappa shape index (κ1) is 16.5. The largest absolute Gasteiger partial charge is 0.288 e. The normalized spacial score (nSPS) is 11.3. The van der Waals surface area contributed by atoms with Crippen LogP contribution >= 0.6 is 11.3 Å². The number of benzene rings is 3. The van der Waals surface area contributed by atoms with Crippen molar-refractivity contribution in [3.05, 3.63) is 93.4 Å². The molecule has 3 aromatic carbocycles. The number of fused-ring (bicyclic) bond motifs is 4. The summed E-state index contributed by atoms with van der Waals surface area (Å²) in [6.45, 7) is 0. The van der Waals surface area contributed by atoms with E-state index in [1.54, 1.807) is 0 Å². The zero-order valence-corrected chi connectivity index (χ0v) is 15.3. The summed E-state index contributed by atoms with van der Waals surface area (Å²) in [6, 6.07) is 21.8. The van der Waals surface area contributed by atoms with Crippen LogP contribution in [0.5, 0.6) is 0 Å². The van der Waals surface area contributed by atoms with Crippen LogP contribution in [-0.2, 0) is 0 Å². The predicted molar refractivity (Wildman–Crippen MR) is 111 cm³/mol. The SMILES string of the molecule is O=C(c1ccc([N+](=O)[O-])cc1)c1cc2cc3ccc4ccccc4c3nc2s1. The third-order valence-electron chi connectivity index (χ3n) is 4.76. The monoisotopic (exact) mass is 384 g/mol. The topological polar surface area (TPSA) is 73.1 Å². The molecular formula is C22H12N2O3S. The van der Waals surface area contributed by atoms with Crippen LogP contribution in [0.3, 0.4) is 0 Å². The van der Waals surface area contributed by atoms with E-state index in [1.165, 1.54) is 35.6 Å². The van der Waals surface area contributed by atoms with Crippen molar-refractivity contribution in [2.45, 2.75) is 0 Å². The number of nitrogens with zero attached hydrogens (tertiary/aromatic N) is 2. The Morgan fingerprint density at radius 2 is 1.64 bits per heavy atom. The van der Waals surface area contributed by atoms with Crippen molar-refractivity contribution in [1.82, 2.24) is 4.98 Å². The van der Waals surface area contributed by atoms with Crippen molar-refractivity contribution < 1.29 is 9.72 Å². The molecule has 28 heavy (non-hydrogen) atoms. The number of thiophene rings is 1. The molecule has 0 atom stereocenters. The molecule has 0 radical (unpaired) electrons. The smallest absolute Gasteiger partial charge is 0.269 e. The van der Waals surface area contributed by atoms with Crippen LogP contribution in [-0.4, -0.2) is 15.7 Å². The quantitative estimate of drug-likeness (QED) is 0.172. The van der Waals surface area contributed by atoms with Crippen molar-refractivity contribution in [3.63, 3.8) is 0 Å². The van der Waals surface area contributed by atoms with E-state index < -0.39 is 4.92 Å². The summed E-state index contributed by atoms with van der Waals surface area (Å²) >= 11 is 1.34. The molecule has 0 aliphatic heterocycles. The van der Waals surface area contributed by atoms with Crippen LogP contribution < -0.4 is 0 Å². The van der Waals surface area contributed by atoms with Gasteiger partial charge in [-0.05, 0) is 29.7 Å². The van der Waals surface area contributed by atoms with Crippen LogP contribution in [0.15, 0.2) is 72.8 Å². The highest BCUT2D eigenvalue weighted by molar-refractivity contribution is 7.20. The lowest BCUT2D eigenvalue weighted by Gasteiger charge is -2.02. The number of pyridine rings is 1. The van der Waals surface area contributed by atoms with Crippen molar-refractivity contribution in [2.75, 3.05) is 0 Å². The van der Waals surface area contributed by atoms with Gasteiger partial charge in [-0.3, -0.25) is 14.9 Å². The maximum Gasteiger partial charge on any atom is 0.269 e. The molecule has 0 spiro atoms. The maximum atomic E-state index is 12.8. The average Bonchev–Trinajstić information content (AvgIpc) is 3.14. The Kier molecular flexibility index (Phi) is 3.67. The van der Waals surface area contributed by atoms with Gasteiger partial charge in [0.25, 0.3) is 5.69 Å². The number of carbonyl (C=O) groups is 1. The van der Waals surface area contributed by atoms with Gasteiger partial charge in [0.2, 0.25) is 5.78 Å². The Morgan fingerprint density at radius 3 is 2.43 bits per heavy atom. The summed E-state index contributed by atoms with van der Waals surface area (Å²) in [4.78, 5) is 29.3. The summed E-state index contributed by atoms with van der Waals surface area (Å²) in [5.41, 5.74) is 1.31. The summed E-state index contributed by atoms with van der Waals surface area (Å²) in [7, 11) is 0. The fourth-order valence-electron chi connectivity index (χ4n) is 3.36. The van der Waals surface area contributed by atoms with E-state index in [0.717, 1.165) is 31.9 Å². The highest BCUT2D eigenvalue weighted by Gasteiger charge is 2.16. The van der Waals surface area contributed by atoms with Gasteiger partial charge in [-0.2, -0.15) is 0 Å². The Morgan fingerprint density at radius 1 is 0.893 bits per heavy atom. The van der Waals surface area contributed by atoms with E-state index in [9.17, 15) is 14.9 Å². The van der Waals surface area contributed by atoms with Gasteiger partial charge in [-0.1, -0.05) is 36.4 Å². The van der Waals surface area contributed by atoms with Gasteiger partial charge in [0.1, 0.15) is 4.83 Å². The van der Waals surface area contributed by atoms with Gasteiger partial charge in [0, 0.05) is 33.9 Å². The minimum absolute atomic E-state index is 0.0346. The van der Waals surface area contributed by atoms with Gasteiger partial charge in [-0.15, -0.1) is 11.3 Å². The van der Waals surface area contributed by atoms with Gasteiger partial charge >= 0.3 is 0 Å². The second-order valence-corrected chi connectivity index (χ2v) is 7.52. The molecule has 0 fully saturated rings. The van der Waals surface area contributed by atoms with Crippen LogP contribution in [0.2, 0.25) is 0 Å². The maximum absolute atomic E-state index is 12.8. The van der Waals surface area contributed by atoms with Crippen molar-refractivity contribution in [3.8, 4) is 0 Å². The highest BCUT2D eigenvalue weighted by atomic mass is 32.1. The van der Waals surface area contributed by atoms with E-state index in [2.05, 4.69) is 12.1 Å². The lowest BCUT2D eigenvalue weighted by atomic mass is 10.1. The van der Waals surface area contributed by atoms with E-state index >= 15 is 0 Å². The number of aromatic nitrogens is 1. The second kappa shape index (κ2) is 6.21. The third kappa shape index (κ3) is 2.62. The van der Waals surface area contributed by atoms with E-state index in [1.807, 2.05) is 36.4 Å². The highest BCUT2D eigenvalue weighted by Crippen LogP contribution is 2.32. The fourth-order valence-corrected chi connectivity index (χ4v) is 4.33. The van der Waals surface area contributed by atoms with Crippen molar-refractivity contribution in [2.24, 2.45) is 0 Å². The zero-order valence-electron chi connectivity index (χ0n) is 14.5. The summed E-state index contributed by atoms with van der Waals surface area (Å²) < 4.78 is 0. The van der Waals surface area contributed by atoms with Crippen molar-refractivity contribution >= 4 is 54.7 Å². The average molecular weight is 384 g/mol. The third-order valence-corrected chi connectivity index (χ3v) is 5.80. The minimum atomic E-state index is -0.479. The van der Waals surface area contributed by atoms with E-state index in [-0.39, 0.29) is 11.5 Å². The second-order valence-electron chi connectivity index (χ2n) is 6.48. The molecule has 134 valence electrons. The molecule has 0 aliphatic rings. The standard InChI is InChI=1S/C22H12N2O3S/c25-21(14-7-9-17(10-8-14)24(26)27)19-12-16-11-15-6-5-13-3-1-2-4-18(13)20(15)23-22(16)28-19/h1-12H. The van der Waals surface area contributed by atoms with Crippen LogP contribution in [0.4, 0.5) is 5.69 Å². The minimum Gasteiger partial charge on any atom is -0.288 e. The molecule has 0 bridgehead atoms. The fraction of sp³-hybridized carbons (Fsp3) is 0. The lowest BCUT2D eigenvalue weighted by molar-refractivity contribution is -0.384. The number of carbonyl (C=O) groups excluding carboxylic acids is 1. The Labute approximate surface area is 163 Å². The number of rotatable bonds is 3. The van der Waals surface area contributed by atoms with Crippen LogP contribution in [0.25, 0.3) is 31.9 Å². The van der Waals surface area contributed by atoms with Crippen LogP contribution in [0.1, 0.15) is 15.2 Å².